The number of carboxylic acid groups (broad SMARTS) is 2. The van der Waals surface area contributed by atoms with Gasteiger partial charge in [0.25, 0.3) is 0 Å². The average molecular weight is 392 g/mol. The fourth-order valence-electron chi connectivity index (χ4n) is 3.98. The Morgan fingerprint density at radius 2 is 1.54 bits per heavy atom. The Morgan fingerprint density at radius 3 is 2.07 bits per heavy atom. The zero-order valence-corrected chi connectivity index (χ0v) is 16.7. The van der Waals surface area contributed by atoms with E-state index >= 15 is 0 Å². The maximum Gasteiger partial charge on any atom is 0.414 e. The minimum absolute atomic E-state index is 0.826. The summed E-state index contributed by atoms with van der Waals surface area (Å²) in [5.74, 6) is -2.62. The number of nitrogens with zero attached hydrogens (tertiary/aromatic N) is 2. The van der Waals surface area contributed by atoms with Crippen LogP contribution < -0.4 is 4.74 Å². The van der Waals surface area contributed by atoms with E-state index in [1.54, 1.807) is 7.11 Å². The van der Waals surface area contributed by atoms with Crippen LogP contribution in [0, 0.1) is 0 Å². The predicted molar refractivity (Wildman–Crippen MR) is 107 cm³/mol. The maximum atomic E-state index is 9.10. The zero-order chi connectivity index (χ0) is 20.4. The summed E-state index contributed by atoms with van der Waals surface area (Å²) in [7, 11) is 1.77. The number of rotatable bonds is 4. The van der Waals surface area contributed by atoms with Gasteiger partial charge in [-0.1, -0.05) is 31.0 Å². The second kappa shape index (κ2) is 11.7. The van der Waals surface area contributed by atoms with Gasteiger partial charge in [-0.05, 0) is 57.9 Å². The molecule has 2 aliphatic rings. The van der Waals surface area contributed by atoms with Crippen LogP contribution in [-0.2, 0) is 16.1 Å². The number of para-hydroxylation sites is 1. The molecule has 156 valence electrons. The summed E-state index contributed by atoms with van der Waals surface area (Å²) < 4.78 is 5.48. The Labute approximate surface area is 166 Å². The molecular formula is C21H32N2O5. The first-order valence-electron chi connectivity index (χ1n) is 10.1. The lowest BCUT2D eigenvalue weighted by Crippen LogP contribution is -2.45. The van der Waals surface area contributed by atoms with Gasteiger partial charge >= 0.3 is 11.9 Å². The number of piperidine rings is 1. The number of likely N-dealkylation sites (tertiary alicyclic amines) is 2. The molecule has 7 nitrogen and oxygen atoms in total. The van der Waals surface area contributed by atoms with Crippen molar-refractivity contribution in [2.45, 2.75) is 51.1 Å². The van der Waals surface area contributed by atoms with Crippen molar-refractivity contribution >= 4 is 11.9 Å². The minimum atomic E-state index is -1.82. The standard InChI is InChI=1S/C19H30N2O.C2H2O4/c1-22-19-9-5-4-8-17(19)16-20-14-10-18(11-15-20)21-12-6-2-3-7-13-21;3-1(4)2(5)6/h4-5,8-9,18H,2-3,6-7,10-16H2,1H3;(H,3,4)(H,5,6). The molecule has 0 aromatic heterocycles. The molecule has 0 spiro atoms. The van der Waals surface area contributed by atoms with Gasteiger partial charge in [0, 0.05) is 18.2 Å². The molecule has 1 aromatic carbocycles. The quantitative estimate of drug-likeness (QED) is 0.762. The number of carboxylic acids is 2. The van der Waals surface area contributed by atoms with Crippen LogP contribution in [0.2, 0.25) is 0 Å². The van der Waals surface area contributed by atoms with Crippen molar-refractivity contribution in [2.75, 3.05) is 33.3 Å². The van der Waals surface area contributed by atoms with Crippen molar-refractivity contribution in [2.24, 2.45) is 0 Å². The van der Waals surface area contributed by atoms with Crippen molar-refractivity contribution < 1.29 is 24.5 Å². The van der Waals surface area contributed by atoms with Crippen LogP contribution in [0.15, 0.2) is 24.3 Å². The van der Waals surface area contributed by atoms with Crippen LogP contribution in [0.25, 0.3) is 0 Å². The summed E-state index contributed by atoms with van der Waals surface area (Å²) in [6.45, 7) is 6.13. The second-order valence-electron chi connectivity index (χ2n) is 7.38. The van der Waals surface area contributed by atoms with E-state index < -0.39 is 11.9 Å². The fraction of sp³-hybridized carbons (Fsp3) is 0.619. The highest BCUT2D eigenvalue weighted by molar-refractivity contribution is 6.27. The average Bonchev–Trinajstić information content (AvgIpc) is 2.99. The Kier molecular flexibility index (Phi) is 9.23. The van der Waals surface area contributed by atoms with Crippen molar-refractivity contribution in [3.8, 4) is 5.75 Å². The van der Waals surface area contributed by atoms with E-state index in [0.29, 0.717) is 0 Å². The van der Waals surface area contributed by atoms with Gasteiger partial charge in [0.15, 0.2) is 0 Å². The van der Waals surface area contributed by atoms with Gasteiger partial charge in [0.2, 0.25) is 0 Å². The fourth-order valence-corrected chi connectivity index (χ4v) is 3.98. The number of benzene rings is 1. The predicted octanol–water partition coefficient (Wildman–Crippen LogP) is 2.69. The Morgan fingerprint density at radius 1 is 0.964 bits per heavy atom. The van der Waals surface area contributed by atoms with E-state index in [1.807, 2.05) is 6.07 Å². The molecule has 0 aliphatic carbocycles. The Bertz CT molecular complexity index is 609. The first kappa shape index (κ1) is 22.2. The van der Waals surface area contributed by atoms with E-state index in [-0.39, 0.29) is 0 Å². The number of carbonyl (C=O) groups is 2. The lowest BCUT2D eigenvalue weighted by molar-refractivity contribution is -0.159. The molecule has 2 N–H and O–H groups in total. The third-order valence-electron chi connectivity index (χ3n) is 5.48. The zero-order valence-electron chi connectivity index (χ0n) is 16.7. The van der Waals surface area contributed by atoms with Crippen LogP contribution in [0.4, 0.5) is 0 Å². The molecule has 0 saturated carbocycles. The van der Waals surface area contributed by atoms with E-state index in [0.717, 1.165) is 18.3 Å². The van der Waals surface area contributed by atoms with Gasteiger partial charge in [-0.2, -0.15) is 0 Å². The van der Waals surface area contributed by atoms with Crippen molar-refractivity contribution in [3.05, 3.63) is 29.8 Å². The lowest BCUT2D eigenvalue weighted by atomic mass is 10.0. The lowest BCUT2D eigenvalue weighted by Gasteiger charge is -2.38. The molecule has 2 fully saturated rings. The SMILES string of the molecule is COc1ccccc1CN1CCC(N2CCCCCC2)CC1.O=C(O)C(=O)O. The van der Waals surface area contributed by atoms with E-state index in [4.69, 9.17) is 24.5 Å². The highest BCUT2D eigenvalue weighted by Crippen LogP contribution is 2.24. The molecule has 28 heavy (non-hydrogen) atoms. The van der Waals surface area contributed by atoms with Gasteiger partial charge in [-0.15, -0.1) is 0 Å². The molecule has 0 bridgehead atoms. The minimum Gasteiger partial charge on any atom is -0.496 e. The van der Waals surface area contributed by atoms with Crippen LogP contribution in [0.5, 0.6) is 5.75 Å². The second-order valence-corrected chi connectivity index (χ2v) is 7.38. The summed E-state index contributed by atoms with van der Waals surface area (Å²) in [6, 6.07) is 9.25. The van der Waals surface area contributed by atoms with Crippen LogP contribution >= 0.6 is 0 Å². The van der Waals surface area contributed by atoms with Crippen LogP contribution in [0.3, 0.4) is 0 Å². The Balaban J connectivity index is 0.000000409. The molecule has 3 rings (SSSR count). The molecule has 2 aliphatic heterocycles. The van der Waals surface area contributed by atoms with E-state index in [2.05, 4.69) is 28.0 Å². The molecule has 1 aromatic rings. The normalized spacial score (nSPS) is 19.2. The topological polar surface area (TPSA) is 90.3 Å². The van der Waals surface area contributed by atoms with Gasteiger partial charge in [0.05, 0.1) is 7.11 Å². The summed E-state index contributed by atoms with van der Waals surface area (Å²) in [4.78, 5) is 23.6. The number of hydrogen-bond acceptors (Lipinski definition) is 5. The van der Waals surface area contributed by atoms with Gasteiger partial charge in [-0.3, -0.25) is 4.90 Å². The Hall–Kier alpha value is -2.12. The summed E-state index contributed by atoms with van der Waals surface area (Å²) in [5, 5.41) is 14.8. The molecule has 0 amide bonds. The summed E-state index contributed by atoms with van der Waals surface area (Å²) in [6.07, 6.45) is 8.33. The first-order chi connectivity index (χ1) is 13.5. The van der Waals surface area contributed by atoms with Crippen LogP contribution in [-0.4, -0.2) is 71.3 Å². The van der Waals surface area contributed by atoms with Crippen molar-refractivity contribution in [3.63, 3.8) is 0 Å². The van der Waals surface area contributed by atoms with Crippen LogP contribution in [0.1, 0.15) is 44.1 Å². The molecule has 7 heteroatoms. The largest absolute Gasteiger partial charge is 0.496 e. The molecular weight excluding hydrogens is 360 g/mol. The number of methoxy groups -OCH3 is 1. The van der Waals surface area contributed by atoms with Crippen molar-refractivity contribution in [1.29, 1.82) is 0 Å². The third kappa shape index (κ3) is 7.13. The van der Waals surface area contributed by atoms with E-state index in [9.17, 15) is 0 Å². The monoisotopic (exact) mass is 392 g/mol. The molecule has 0 unspecified atom stereocenters. The van der Waals surface area contributed by atoms with Gasteiger partial charge in [0.1, 0.15) is 5.75 Å². The summed E-state index contributed by atoms with van der Waals surface area (Å²) >= 11 is 0. The molecule has 0 radical (unpaired) electrons. The van der Waals surface area contributed by atoms with E-state index in [1.165, 1.54) is 70.3 Å². The maximum absolute atomic E-state index is 9.10. The molecule has 0 atom stereocenters. The van der Waals surface area contributed by atoms with Gasteiger partial charge < -0.3 is 19.8 Å². The number of aliphatic carboxylic acids is 2. The first-order valence-corrected chi connectivity index (χ1v) is 10.1. The highest BCUT2D eigenvalue weighted by atomic mass is 16.5. The summed E-state index contributed by atoms with van der Waals surface area (Å²) in [5.41, 5.74) is 1.32. The molecule has 2 heterocycles. The smallest absolute Gasteiger partial charge is 0.414 e. The van der Waals surface area contributed by atoms with Crippen molar-refractivity contribution in [1.82, 2.24) is 9.80 Å². The van der Waals surface area contributed by atoms with Gasteiger partial charge in [-0.25, -0.2) is 9.59 Å². The highest BCUT2D eigenvalue weighted by Gasteiger charge is 2.25. The number of ether oxygens (including phenoxy) is 1. The number of hydrogen-bond donors (Lipinski definition) is 2. The molecule has 2 saturated heterocycles. The third-order valence-corrected chi connectivity index (χ3v) is 5.48.